The van der Waals surface area contributed by atoms with Gasteiger partial charge in [0.2, 0.25) is 0 Å². The number of benzene rings is 2. The van der Waals surface area contributed by atoms with Crippen LogP contribution in [0.1, 0.15) is 0 Å². The number of hydrogen-bond acceptors (Lipinski definition) is 4. The molecule has 7 nitrogen and oxygen atoms in total. The lowest BCUT2D eigenvalue weighted by Gasteiger charge is -2.18. The molecule has 0 fully saturated rings. The number of rotatable bonds is 6. The van der Waals surface area contributed by atoms with Crippen LogP contribution in [0.3, 0.4) is 0 Å². The molecule has 0 unspecified atom stereocenters. The summed E-state index contributed by atoms with van der Waals surface area (Å²) >= 11 is 5.98. The number of nitrogens with zero attached hydrogens (tertiary/aromatic N) is 2. The van der Waals surface area contributed by atoms with Gasteiger partial charge in [0.05, 0.1) is 16.5 Å². The molecule has 2 aromatic carbocycles. The minimum Gasteiger partial charge on any atom is -0.490 e. The lowest BCUT2D eigenvalue weighted by atomic mass is 10.3. The Morgan fingerprint density at radius 1 is 1.29 bits per heavy atom. The first-order valence-electron chi connectivity index (χ1n) is 7.11. The quantitative estimate of drug-likeness (QED) is 0.635. The van der Waals surface area contributed by atoms with E-state index in [-0.39, 0.29) is 12.3 Å². The molecule has 0 radical (unpaired) electrons. The number of carbonyl (C=O) groups is 1. The van der Waals surface area contributed by atoms with Crippen LogP contribution in [0.25, 0.3) is 0 Å². The van der Waals surface area contributed by atoms with Gasteiger partial charge in [-0.15, -0.1) is 0 Å². The fraction of sp³-hybridized carbons (Fsp3) is 0.188. The highest BCUT2D eigenvalue weighted by molar-refractivity contribution is 6.32. The van der Waals surface area contributed by atoms with Crippen molar-refractivity contribution in [1.29, 1.82) is 0 Å². The fourth-order valence-electron chi connectivity index (χ4n) is 1.87. The van der Waals surface area contributed by atoms with Crippen molar-refractivity contribution in [3.63, 3.8) is 0 Å². The molecule has 8 heteroatoms. The molecule has 0 aromatic heterocycles. The summed E-state index contributed by atoms with van der Waals surface area (Å²) in [4.78, 5) is 23.7. The molecule has 0 aliphatic rings. The molecular weight excluding hydrogens is 334 g/mol. The van der Waals surface area contributed by atoms with E-state index in [1.54, 1.807) is 37.4 Å². The summed E-state index contributed by atoms with van der Waals surface area (Å²) in [6.45, 7) is 0.592. The highest BCUT2D eigenvalue weighted by atomic mass is 35.5. The maximum Gasteiger partial charge on any atom is 0.321 e. The maximum atomic E-state index is 12.1. The molecule has 2 rings (SSSR count). The second-order valence-corrected chi connectivity index (χ2v) is 5.35. The fourth-order valence-corrected chi connectivity index (χ4v) is 2.06. The van der Waals surface area contributed by atoms with Gasteiger partial charge in [0, 0.05) is 24.9 Å². The molecule has 24 heavy (non-hydrogen) atoms. The summed E-state index contributed by atoms with van der Waals surface area (Å²) < 4.78 is 5.52. The largest absolute Gasteiger partial charge is 0.490 e. The van der Waals surface area contributed by atoms with Gasteiger partial charge in [0.25, 0.3) is 5.69 Å². The van der Waals surface area contributed by atoms with Crippen LogP contribution in [0.15, 0.2) is 48.5 Å². The molecule has 0 aliphatic heterocycles. The zero-order valence-corrected chi connectivity index (χ0v) is 13.7. The van der Waals surface area contributed by atoms with Crippen LogP contribution in [0.5, 0.6) is 5.75 Å². The summed E-state index contributed by atoms with van der Waals surface area (Å²) in [6, 6.07) is 12.4. The lowest BCUT2D eigenvalue weighted by molar-refractivity contribution is -0.384. The van der Waals surface area contributed by atoms with E-state index < -0.39 is 11.0 Å². The number of carbonyl (C=O) groups excluding carboxylic acids is 1. The summed E-state index contributed by atoms with van der Waals surface area (Å²) in [5.41, 5.74) is 0.269. The highest BCUT2D eigenvalue weighted by Crippen LogP contribution is 2.23. The first-order chi connectivity index (χ1) is 11.5. The van der Waals surface area contributed by atoms with E-state index in [0.717, 1.165) is 0 Å². The number of ether oxygens (including phenoxy) is 1. The molecule has 0 saturated carbocycles. The number of halogens is 1. The Kier molecular flexibility index (Phi) is 5.97. The van der Waals surface area contributed by atoms with Crippen molar-refractivity contribution in [2.45, 2.75) is 0 Å². The van der Waals surface area contributed by atoms with E-state index in [1.165, 1.54) is 23.1 Å². The van der Waals surface area contributed by atoms with Gasteiger partial charge in [-0.3, -0.25) is 10.1 Å². The van der Waals surface area contributed by atoms with Crippen LogP contribution in [0.4, 0.5) is 16.2 Å². The number of amides is 2. The Hall–Kier alpha value is -2.80. The normalized spacial score (nSPS) is 10.1. The Labute approximate surface area is 143 Å². The number of likely N-dealkylation sites (N-methyl/N-ethyl adjacent to an activating group) is 1. The number of nitro groups is 1. The van der Waals surface area contributed by atoms with Gasteiger partial charge in [0.1, 0.15) is 12.4 Å². The SMILES string of the molecule is CN(CCOc1ccccc1Cl)C(=O)Nc1cccc([N+](=O)[O-])c1. The third-order valence-corrected chi connectivity index (χ3v) is 3.49. The van der Waals surface area contributed by atoms with Crippen molar-refractivity contribution in [2.75, 3.05) is 25.5 Å². The number of urea groups is 1. The summed E-state index contributed by atoms with van der Waals surface area (Å²) in [5.74, 6) is 0.548. The third kappa shape index (κ3) is 4.85. The van der Waals surface area contributed by atoms with E-state index in [0.29, 0.717) is 23.0 Å². The van der Waals surface area contributed by atoms with E-state index in [9.17, 15) is 14.9 Å². The number of para-hydroxylation sites is 1. The van der Waals surface area contributed by atoms with Crippen molar-refractivity contribution >= 4 is 29.0 Å². The van der Waals surface area contributed by atoms with Gasteiger partial charge < -0.3 is 15.0 Å². The Bertz CT molecular complexity index is 739. The van der Waals surface area contributed by atoms with Gasteiger partial charge in [-0.1, -0.05) is 29.8 Å². The predicted octanol–water partition coefficient (Wildman–Crippen LogP) is 3.79. The molecule has 0 heterocycles. The lowest BCUT2D eigenvalue weighted by Crippen LogP contribution is -2.34. The van der Waals surface area contributed by atoms with E-state index in [2.05, 4.69) is 5.32 Å². The second-order valence-electron chi connectivity index (χ2n) is 4.94. The number of nitrogens with one attached hydrogen (secondary N) is 1. The van der Waals surface area contributed by atoms with Crippen molar-refractivity contribution in [2.24, 2.45) is 0 Å². The molecule has 0 bridgehead atoms. The summed E-state index contributed by atoms with van der Waals surface area (Å²) in [5, 5.41) is 13.8. The van der Waals surface area contributed by atoms with E-state index in [4.69, 9.17) is 16.3 Å². The van der Waals surface area contributed by atoms with Gasteiger partial charge in [-0.2, -0.15) is 0 Å². The molecule has 0 atom stereocenters. The van der Waals surface area contributed by atoms with Crippen molar-refractivity contribution < 1.29 is 14.5 Å². The highest BCUT2D eigenvalue weighted by Gasteiger charge is 2.11. The minimum atomic E-state index is -0.517. The van der Waals surface area contributed by atoms with Gasteiger partial charge >= 0.3 is 6.03 Å². The molecule has 2 aromatic rings. The molecule has 0 saturated heterocycles. The van der Waals surface area contributed by atoms with Gasteiger partial charge in [-0.25, -0.2) is 4.79 Å². The van der Waals surface area contributed by atoms with E-state index in [1.807, 2.05) is 0 Å². The van der Waals surface area contributed by atoms with Crippen LogP contribution >= 0.6 is 11.6 Å². The standard InChI is InChI=1S/C16H16ClN3O4/c1-19(9-10-24-15-8-3-2-7-14(15)17)16(21)18-12-5-4-6-13(11-12)20(22)23/h2-8,11H,9-10H2,1H3,(H,18,21). The van der Waals surface area contributed by atoms with Crippen LogP contribution in [0, 0.1) is 10.1 Å². The van der Waals surface area contributed by atoms with Crippen molar-refractivity contribution in [3.8, 4) is 5.75 Å². The van der Waals surface area contributed by atoms with Crippen LogP contribution in [-0.4, -0.2) is 36.1 Å². The summed E-state index contributed by atoms with van der Waals surface area (Å²) in [6.07, 6.45) is 0. The molecule has 2 amide bonds. The van der Waals surface area contributed by atoms with Gasteiger partial charge in [-0.05, 0) is 18.2 Å². The third-order valence-electron chi connectivity index (χ3n) is 3.18. The molecule has 1 N–H and O–H groups in total. The number of anilines is 1. The zero-order valence-electron chi connectivity index (χ0n) is 12.9. The molecular formula is C16H16ClN3O4. The second kappa shape index (κ2) is 8.16. The average molecular weight is 350 g/mol. The Morgan fingerprint density at radius 2 is 2.04 bits per heavy atom. The molecule has 0 aliphatic carbocycles. The summed E-state index contributed by atoms with van der Waals surface area (Å²) in [7, 11) is 1.60. The molecule has 0 spiro atoms. The van der Waals surface area contributed by atoms with Crippen LogP contribution in [0.2, 0.25) is 5.02 Å². The Balaban J connectivity index is 1.85. The van der Waals surface area contributed by atoms with E-state index >= 15 is 0 Å². The number of nitro benzene ring substituents is 1. The first kappa shape index (κ1) is 17.6. The van der Waals surface area contributed by atoms with Crippen LogP contribution in [-0.2, 0) is 0 Å². The van der Waals surface area contributed by atoms with Crippen LogP contribution < -0.4 is 10.1 Å². The minimum absolute atomic E-state index is 0.0856. The predicted molar refractivity (Wildman–Crippen MR) is 91.7 cm³/mol. The number of hydrogen-bond donors (Lipinski definition) is 1. The molecule has 126 valence electrons. The number of non-ortho nitro benzene ring substituents is 1. The van der Waals surface area contributed by atoms with Crippen molar-refractivity contribution in [1.82, 2.24) is 4.90 Å². The topological polar surface area (TPSA) is 84.7 Å². The maximum absolute atomic E-state index is 12.1. The average Bonchev–Trinajstić information content (AvgIpc) is 2.56. The zero-order chi connectivity index (χ0) is 17.5. The van der Waals surface area contributed by atoms with Crippen molar-refractivity contribution in [3.05, 3.63) is 63.7 Å². The van der Waals surface area contributed by atoms with Gasteiger partial charge in [0.15, 0.2) is 0 Å². The first-order valence-corrected chi connectivity index (χ1v) is 7.49. The monoisotopic (exact) mass is 349 g/mol. The smallest absolute Gasteiger partial charge is 0.321 e. The Morgan fingerprint density at radius 3 is 2.75 bits per heavy atom.